The topological polar surface area (TPSA) is 81.1 Å². The van der Waals surface area contributed by atoms with E-state index in [-0.39, 0.29) is 0 Å². The van der Waals surface area contributed by atoms with Gasteiger partial charge in [0.15, 0.2) is 0 Å². The van der Waals surface area contributed by atoms with Crippen LogP contribution < -0.4 is 16.8 Å². The normalized spacial score (nSPS) is 12.4. The first-order valence-corrected chi connectivity index (χ1v) is 5.39. The van der Waals surface area contributed by atoms with Gasteiger partial charge >= 0.3 is 0 Å². The zero-order chi connectivity index (χ0) is 11.3. The number of hydrogen-bond donors (Lipinski definition) is 3. The van der Waals surface area contributed by atoms with Crippen molar-refractivity contribution in [3.05, 3.63) is 34.3 Å². The first-order valence-electron chi connectivity index (χ1n) is 4.59. The van der Waals surface area contributed by atoms with Crippen molar-refractivity contribution in [1.29, 1.82) is 0 Å². The molecule has 0 aliphatic rings. The molecule has 1 unspecified atom stereocenters. The summed E-state index contributed by atoms with van der Waals surface area (Å²) in [6.45, 7) is 1.06. The van der Waals surface area contributed by atoms with Crippen LogP contribution in [0.5, 0.6) is 0 Å². The number of rotatable bonds is 5. The number of amides is 1. The molecule has 0 aromatic heterocycles. The molecule has 4 nitrogen and oxygen atoms in total. The third-order valence-electron chi connectivity index (χ3n) is 1.95. The van der Waals surface area contributed by atoms with Crippen molar-refractivity contribution in [2.75, 3.05) is 6.54 Å². The second kappa shape index (κ2) is 5.85. The highest BCUT2D eigenvalue weighted by atomic mass is 79.9. The van der Waals surface area contributed by atoms with Gasteiger partial charge in [-0.15, -0.1) is 0 Å². The van der Waals surface area contributed by atoms with E-state index in [2.05, 4.69) is 21.2 Å². The van der Waals surface area contributed by atoms with Gasteiger partial charge < -0.3 is 16.8 Å². The molecule has 0 spiro atoms. The molecule has 0 aliphatic heterocycles. The van der Waals surface area contributed by atoms with Crippen molar-refractivity contribution in [3.63, 3.8) is 0 Å². The zero-order valence-corrected chi connectivity index (χ0v) is 9.83. The molecule has 0 aliphatic carbocycles. The molecule has 1 amide bonds. The quantitative estimate of drug-likeness (QED) is 0.723. The summed E-state index contributed by atoms with van der Waals surface area (Å²) in [5.41, 5.74) is 11.6. The highest BCUT2D eigenvalue weighted by Gasteiger charge is 2.07. The largest absolute Gasteiger partial charge is 0.368 e. The minimum atomic E-state index is -0.628. The van der Waals surface area contributed by atoms with Gasteiger partial charge in [0.05, 0.1) is 6.04 Å². The third-order valence-corrected chi connectivity index (χ3v) is 2.44. The molecule has 82 valence electrons. The lowest BCUT2D eigenvalue weighted by molar-refractivity contribution is -0.119. The molecule has 15 heavy (non-hydrogen) atoms. The van der Waals surface area contributed by atoms with E-state index >= 15 is 0 Å². The Morgan fingerprint density at radius 1 is 1.53 bits per heavy atom. The van der Waals surface area contributed by atoms with E-state index in [0.717, 1.165) is 10.0 Å². The van der Waals surface area contributed by atoms with Gasteiger partial charge in [0, 0.05) is 17.6 Å². The van der Waals surface area contributed by atoms with Gasteiger partial charge in [0.2, 0.25) is 5.91 Å². The molecule has 1 aromatic carbocycles. The molecule has 1 rings (SSSR count). The van der Waals surface area contributed by atoms with Gasteiger partial charge in [-0.25, -0.2) is 0 Å². The summed E-state index contributed by atoms with van der Waals surface area (Å²) in [5.74, 6) is -0.489. The molecule has 1 aromatic rings. The fourth-order valence-electron chi connectivity index (χ4n) is 1.12. The zero-order valence-electron chi connectivity index (χ0n) is 8.24. The SMILES string of the molecule is NC(=O)C(N)CNCc1cccc(Br)c1. The van der Waals surface area contributed by atoms with Crippen LogP contribution in [0.4, 0.5) is 0 Å². The second-order valence-electron chi connectivity index (χ2n) is 3.27. The van der Waals surface area contributed by atoms with Crippen LogP contribution in [0.25, 0.3) is 0 Å². The first kappa shape index (κ1) is 12.2. The van der Waals surface area contributed by atoms with Crippen LogP contribution in [-0.2, 0) is 11.3 Å². The summed E-state index contributed by atoms with van der Waals surface area (Å²) in [6, 6.07) is 7.28. The van der Waals surface area contributed by atoms with E-state index in [4.69, 9.17) is 11.5 Å². The Bertz CT molecular complexity index is 343. The molecular weight excluding hydrogens is 258 g/mol. The summed E-state index contributed by atoms with van der Waals surface area (Å²) in [5, 5.41) is 3.06. The van der Waals surface area contributed by atoms with E-state index < -0.39 is 11.9 Å². The van der Waals surface area contributed by atoms with Crippen molar-refractivity contribution in [2.45, 2.75) is 12.6 Å². The molecular formula is C10H14BrN3O. The Kier molecular flexibility index (Phi) is 4.74. The predicted molar refractivity (Wildman–Crippen MR) is 63.0 cm³/mol. The second-order valence-corrected chi connectivity index (χ2v) is 4.19. The Hall–Kier alpha value is -0.910. The molecule has 0 saturated heterocycles. The Morgan fingerprint density at radius 3 is 2.87 bits per heavy atom. The number of nitrogens with two attached hydrogens (primary N) is 2. The van der Waals surface area contributed by atoms with Crippen LogP contribution in [0.1, 0.15) is 5.56 Å². The van der Waals surface area contributed by atoms with Gasteiger partial charge in [0.25, 0.3) is 0 Å². The lowest BCUT2D eigenvalue weighted by Gasteiger charge is -2.09. The number of hydrogen-bond acceptors (Lipinski definition) is 3. The monoisotopic (exact) mass is 271 g/mol. The van der Waals surface area contributed by atoms with Crippen LogP contribution in [0.3, 0.4) is 0 Å². The average molecular weight is 272 g/mol. The molecule has 0 saturated carbocycles. The van der Waals surface area contributed by atoms with Gasteiger partial charge in [-0.05, 0) is 17.7 Å². The molecule has 5 heteroatoms. The van der Waals surface area contributed by atoms with E-state index in [9.17, 15) is 4.79 Å². The first-order chi connectivity index (χ1) is 7.09. The fourth-order valence-corrected chi connectivity index (χ4v) is 1.57. The maximum atomic E-state index is 10.6. The van der Waals surface area contributed by atoms with Crippen LogP contribution in [0, 0.1) is 0 Å². The number of halogens is 1. The fraction of sp³-hybridized carbons (Fsp3) is 0.300. The van der Waals surface area contributed by atoms with Gasteiger partial charge in [-0.2, -0.15) is 0 Å². The van der Waals surface area contributed by atoms with Crippen molar-refractivity contribution in [1.82, 2.24) is 5.32 Å². The van der Waals surface area contributed by atoms with E-state index in [1.54, 1.807) is 0 Å². The van der Waals surface area contributed by atoms with Crippen LogP contribution in [-0.4, -0.2) is 18.5 Å². The van der Waals surface area contributed by atoms with Crippen molar-refractivity contribution < 1.29 is 4.79 Å². The average Bonchev–Trinajstić information content (AvgIpc) is 2.17. The standard InChI is InChI=1S/C10H14BrN3O/c11-8-3-1-2-7(4-8)5-14-6-9(12)10(13)15/h1-4,9,14H,5-6,12H2,(H2,13,15). The summed E-state index contributed by atoms with van der Waals surface area (Å²) < 4.78 is 1.03. The number of primary amides is 1. The van der Waals surface area contributed by atoms with E-state index in [1.165, 1.54) is 0 Å². The van der Waals surface area contributed by atoms with Gasteiger partial charge in [0.1, 0.15) is 0 Å². The van der Waals surface area contributed by atoms with Crippen molar-refractivity contribution >= 4 is 21.8 Å². The minimum absolute atomic E-state index is 0.391. The van der Waals surface area contributed by atoms with E-state index in [0.29, 0.717) is 13.1 Å². The molecule has 5 N–H and O–H groups in total. The number of carbonyl (C=O) groups is 1. The highest BCUT2D eigenvalue weighted by Crippen LogP contribution is 2.11. The van der Waals surface area contributed by atoms with Crippen LogP contribution in [0.2, 0.25) is 0 Å². The third kappa shape index (κ3) is 4.42. The van der Waals surface area contributed by atoms with Crippen molar-refractivity contribution in [2.24, 2.45) is 11.5 Å². The lowest BCUT2D eigenvalue weighted by atomic mass is 10.2. The number of carbonyl (C=O) groups excluding carboxylic acids is 1. The van der Waals surface area contributed by atoms with E-state index in [1.807, 2.05) is 24.3 Å². The maximum absolute atomic E-state index is 10.6. The summed E-state index contributed by atoms with van der Waals surface area (Å²) in [7, 11) is 0. The van der Waals surface area contributed by atoms with Gasteiger partial charge in [-0.3, -0.25) is 4.79 Å². The molecule has 1 atom stereocenters. The maximum Gasteiger partial charge on any atom is 0.235 e. The smallest absolute Gasteiger partial charge is 0.235 e. The van der Waals surface area contributed by atoms with Gasteiger partial charge in [-0.1, -0.05) is 28.1 Å². The summed E-state index contributed by atoms with van der Waals surface area (Å²) in [4.78, 5) is 10.6. The molecule has 0 bridgehead atoms. The minimum Gasteiger partial charge on any atom is -0.368 e. The number of benzene rings is 1. The molecule has 0 fully saturated rings. The summed E-state index contributed by atoms with van der Waals surface area (Å²) in [6.07, 6.45) is 0. The van der Waals surface area contributed by atoms with Crippen LogP contribution in [0.15, 0.2) is 28.7 Å². The summed E-state index contributed by atoms with van der Waals surface area (Å²) >= 11 is 3.38. The molecule has 0 radical (unpaired) electrons. The van der Waals surface area contributed by atoms with Crippen LogP contribution >= 0.6 is 15.9 Å². The Balaban J connectivity index is 2.35. The number of nitrogens with one attached hydrogen (secondary N) is 1. The Labute approximate surface area is 97.1 Å². The van der Waals surface area contributed by atoms with Crippen molar-refractivity contribution in [3.8, 4) is 0 Å². The molecule has 0 heterocycles. The lowest BCUT2D eigenvalue weighted by Crippen LogP contribution is -2.44. The predicted octanol–water partition coefficient (Wildman–Crippen LogP) is 0.351. The Morgan fingerprint density at radius 2 is 2.27 bits per heavy atom. The highest BCUT2D eigenvalue weighted by molar-refractivity contribution is 9.10.